The summed E-state index contributed by atoms with van der Waals surface area (Å²) in [6.45, 7) is 0.619. The number of hydrogen-bond donors (Lipinski definition) is 5. The Morgan fingerprint density at radius 1 is 0.881 bits per heavy atom. The Kier molecular flexibility index (Phi) is 10.8. The molecule has 1 aliphatic carbocycles. The highest BCUT2D eigenvalue weighted by atomic mass is 35.5. The minimum Gasteiger partial charge on any atom is -0.480 e. The van der Waals surface area contributed by atoms with Gasteiger partial charge in [0.25, 0.3) is 11.8 Å². The minimum absolute atomic E-state index is 0.0474. The van der Waals surface area contributed by atoms with Gasteiger partial charge in [-0.3, -0.25) is 9.59 Å². The Balaban J connectivity index is 1.38. The predicted molar refractivity (Wildman–Crippen MR) is 167 cm³/mol. The number of hydrogen-bond acceptors (Lipinski definition) is 4. The molecule has 0 aliphatic heterocycles. The molecule has 0 unspecified atom stereocenters. The topological polar surface area (TPSA) is 146 Å². The number of anilines is 2. The number of nitrogens with zero attached hydrogens (tertiary/aromatic N) is 1. The van der Waals surface area contributed by atoms with Crippen molar-refractivity contribution in [2.45, 2.75) is 44.6 Å². The maximum absolute atomic E-state index is 12.9. The van der Waals surface area contributed by atoms with Crippen LogP contribution in [0.3, 0.4) is 0 Å². The number of amides is 2. The van der Waals surface area contributed by atoms with Crippen LogP contribution in [0.25, 0.3) is 0 Å². The molecule has 11 heteroatoms. The third-order valence-electron chi connectivity index (χ3n) is 7.12. The van der Waals surface area contributed by atoms with Crippen molar-refractivity contribution < 1.29 is 19.5 Å². The van der Waals surface area contributed by atoms with Gasteiger partial charge in [0.1, 0.15) is 0 Å². The molecule has 3 aromatic carbocycles. The minimum atomic E-state index is -1.19. The van der Waals surface area contributed by atoms with Crippen LogP contribution in [-0.2, 0) is 11.2 Å². The number of aliphatic carboxylic acids is 1. The largest absolute Gasteiger partial charge is 0.480 e. The van der Waals surface area contributed by atoms with Gasteiger partial charge in [-0.2, -0.15) is 0 Å². The number of carboxylic acids is 1. The molecule has 0 heterocycles. The molecule has 3 aromatic rings. The summed E-state index contributed by atoms with van der Waals surface area (Å²) in [5.74, 6) is -1.50. The molecule has 1 fully saturated rings. The molecule has 9 nitrogen and oxygen atoms in total. The fraction of sp³-hybridized carbons (Fsp3) is 0.290. The number of aliphatic imine (C=N–C) groups is 1. The molecule has 0 spiro atoms. The van der Waals surface area contributed by atoms with E-state index in [1.807, 2.05) is 0 Å². The zero-order valence-corrected chi connectivity index (χ0v) is 24.4. The highest BCUT2D eigenvalue weighted by molar-refractivity contribution is 6.40. The fourth-order valence-electron chi connectivity index (χ4n) is 4.90. The fourth-order valence-corrected chi connectivity index (χ4v) is 5.46. The summed E-state index contributed by atoms with van der Waals surface area (Å²) in [7, 11) is 0. The first kappa shape index (κ1) is 30.9. The first-order chi connectivity index (χ1) is 20.2. The summed E-state index contributed by atoms with van der Waals surface area (Å²) < 4.78 is 0. The van der Waals surface area contributed by atoms with Gasteiger partial charge in [-0.25, -0.2) is 9.79 Å². The number of benzene rings is 3. The van der Waals surface area contributed by atoms with Gasteiger partial charge in [-0.15, -0.1) is 0 Å². The zero-order chi connectivity index (χ0) is 30.1. The lowest BCUT2D eigenvalue weighted by molar-refractivity contribution is -0.138. The highest BCUT2D eigenvalue weighted by Gasteiger charge is 2.20. The van der Waals surface area contributed by atoms with Crippen LogP contribution in [0.15, 0.2) is 71.7 Å². The van der Waals surface area contributed by atoms with Crippen molar-refractivity contribution >= 4 is 58.3 Å². The molecule has 220 valence electrons. The summed E-state index contributed by atoms with van der Waals surface area (Å²) in [5, 5.41) is 18.9. The molecule has 6 N–H and O–H groups in total. The lowest BCUT2D eigenvalue weighted by atomic mass is 9.89. The van der Waals surface area contributed by atoms with Crippen molar-refractivity contribution in [3.63, 3.8) is 0 Å². The molecular formula is C31H33Cl2N5O4. The van der Waals surface area contributed by atoms with E-state index in [2.05, 4.69) is 20.9 Å². The lowest BCUT2D eigenvalue weighted by Crippen LogP contribution is -2.33. The Morgan fingerprint density at radius 3 is 2.21 bits per heavy atom. The van der Waals surface area contributed by atoms with E-state index >= 15 is 0 Å². The van der Waals surface area contributed by atoms with E-state index in [0.717, 1.165) is 12.8 Å². The monoisotopic (exact) mass is 609 g/mol. The van der Waals surface area contributed by atoms with Crippen LogP contribution >= 0.6 is 23.2 Å². The normalized spacial score (nSPS) is 14.6. The van der Waals surface area contributed by atoms with Crippen molar-refractivity contribution in [3.8, 4) is 0 Å². The number of carbonyl (C=O) groups is 3. The number of rotatable bonds is 10. The standard InChI is InChI=1S/C31H33Cl2N5O4/c32-23-10-6-11-24(33)27(23)29(40)36-21-15-13-19(14-16-21)17-26(30(41)42)38-31(34)37-25-12-5-4-9-22(25)28(39)35-18-20-7-2-1-3-8-20/h4-6,9-16,20,26H,1-3,7-8,17-18H2,(H,35,39)(H,36,40)(H,41,42)(H3,34,37,38)/t26-/m0/s1. The second-order valence-corrected chi connectivity index (χ2v) is 11.0. The summed E-state index contributed by atoms with van der Waals surface area (Å²) in [6, 6.07) is 17.1. The molecule has 0 aromatic heterocycles. The number of carbonyl (C=O) groups excluding carboxylic acids is 2. The van der Waals surface area contributed by atoms with Crippen LogP contribution in [0.4, 0.5) is 11.4 Å². The first-order valence-corrected chi connectivity index (χ1v) is 14.5. The van der Waals surface area contributed by atoms with E-state index in [1.165, 1.54) is 19.3 Å². The summed E-state index contributed by atoms with van der Waals surface area (Å²) >= 11 is 12.2. The molecule has 1 atom stereocenters. The van der Waals surface area contributed by atoms with Crippen LogP contribution in [-0.4, -0.2) is 41.4 Å². The quantitative estimate of drug-likeness (QED) is 0.141. The van der Waals surface area contributed by atoms with Gasteiger partial charge >= 0.3 is 5.97 Å². The number of nitrogens with two attached hydrogens (primary N) is 1. The first-order valence-electron chi connectivity index (χ1n) is 13.8. The molecule has 1 aliphatic rings. The molecule has 1 saturated carbocycles. The third kappa shape index (κ3) is 8.47. The molecule has 42 heavy (non-hydrogen) atoms. The summed E-state index contributed by atoms with van der Waals surface area (Å²) in [6.07, 6.45) is 5.91. The van der Waals surface area contributed by atoms with Gasteiger partial charge in [0.2, 0.25) is 0 Å². The van der Waals surface area contributed by atoms with Crippen LogP contribution in [0.5, 0.6) is 0 Å². The van der Waals surface area contributed by atoms with Gasteiger partial charge in [-0.05, 0) is 60.7 Å². The van der Waals surface area contributed by atoms with Gasteiger partial charge in [0.05, 0.1) is 26.9 Å². The van der Waals surface area contributed by atoms with E-state index in [0.29, 0.717) is 35.0 Å². The van der Waals surface area contributed by atoms with Gasteiger partial charge in [0, 0.05) is 18.7 Å². The number of nitrogens with one attached hydrogen (secondary N) is 3. The van der Waals surface area contributed by atoms with Crippen molar-refractivity contribution in [2.75, 3.05) is 17.2 Å². The highest BCUT2D eigenvalue weighted by Crippen LogP contribution is 2.26. The van der Waals surface area contributed by atoms with Crippen molar-refractivity contribution in [1.29, 1.82) is 0 Å². The number of guanidine groups is 1. The predicted octanol–water partition coefficient (Wildman–Crippen LogP) is 5.98. The Labute approximate surface area is 254 Å². The second kappa shape index (κ2) is 14.7. The van der Waals surface area contributed by atoms with E-state index in [4.69, 9.17) is 28.9 Å². The van der Waals surface area contributed by atoms with Crippen LogP contribution in [0, 0.1) is 5.92 Å². The molecular weight excluding hydrogens is 577 g/mol. The number of halogens is 2. The summed E-state index contributed by atoms with van der Waals surface area (Å²) in [4.78, 5) is 41.7. The van der Waals surface area contributed by atoms with Crippen molar-refractivity contribution in [2.24, 2.45) is 16.6 Å². The van der Waals surface area contributed by atoms with Gasteiger partial charge in [0.15, 0.2) is 12.0 Å². The maximum Gasteiger partial charge on any atom is 0.328 e. The van der Waals surface area contributed by atoms with Gasteiger partial charge < -0.3 is 26.8 Å². The molecule has 0 saturated heterocycles. The summed E-state index contributed by atoms with van der Waals surface area (Å²) in [5.41, 5.74) is 8.23. The van der Waals surface area contributed by atoms with Crippen molar-refractivity contribution in [3.05, 3.63) is 93.5 Å². The smallest absolute Gasteiger partial charge is 0.328 e. The zero-order valence-electron chi connectivity index (χ0n) is 22.9. The second-order valence-electron chi connectivity index (χ2n) is 10.2. The van der Waals surface area contributed by atoms with E-state index in [-0.39, 0.29) is 33.9 Å². The Bertz CT molecular complexity index is 1440. The lowest BCUT2D eigenvalue weighted by Gasteiger charge is -2.22. The Morgan fingerprint density at radius 2 is 1.55 bits per heavy atom. The third-order valence-corrected chi connectivity index (χ3v) is 7.75. The maximum atomic E-state index is 12.9. The van der Waals surface area contributed by atoms with Gasteiger partial charge in [-0.1, -0.05) is 72.8 Å². The Hall–Kier alpha value is -4.08. The van der Waals surface area contributed by atoms with E-state index < -0.39 is 17.9 Å². The molecule has 2 amide bonds. The molecule has 0 bridgehead atoms. The average Bonchev–Trinajstić information content (AvgIpc) is 2.97. The molecule has 0 radical (unpaired) electrons. The number of para-hydroxylation sites is 1. The van der Waals surface area contributed by atoms with Crippen LogP contribution < -0.4 is 21.7 Å². The van der Waals surface area contributed by atoms with Crippen LogP contribution in [0.1, 0.15) is 58.4 Å². The van der Waals surface area contributed by atoms with E-state index in [1.54, 1.807) is 66.7 Å². The van der Waals surface area contributed by atoms with E-state index in [9.17, 15) is 19.5 Å². The average molecular weight is 611 g/mol. The SMILES string of the molecule is NC(=N[C@@H](Cc1ccc(NC(=O)c2c(Cl)cccc2Cl)cc1)C(=O)O)Nc1ccccc1C(=O)NCC1CCCCC1. The molecule has 4 rings (SSSR count). The van der Waals surface area contributed by atoms with Crippen molar-refractivity contribution in [1.82, 2.24) is 5.32 Å². The number of carboxylic acid groups (broad SMARTS) is 1. The van der Waals surface area contributed by atoms with Crippen LogP contribution in [0.2, 0.25) is 10.0 Å².